The van der Waals surface area contributed by atoms with Gasteiger partial charge in [0.25, 0.3) is 0 Å². The van der Waals surface area contributed by atoms with E-state index in [1.54, 1.807) is 18.2 Å². The highest BCUT2D eigenvalue weighted by atomic mass is 35.5. The first-order valence-corrected chi connectivity index (χ1v) is 15.6. The van der Waals surface area contributed by atoms with E-state index in [-0.39, 0.29) is 22.8 Å². The van der Waals surface area contributed by atoms with Crippen LogP contribution in [-0.4, -0.2) is 65.7 Å². The van der Waals surface area contributed by atoms with E-state index >= 15 is 0 Å². The second-order valence-electron chi connectivity index (χ2n) is 9.29. The monoisotopic (exact) mass is 538 g/mol. The second kappa shape index (κ2) is 11.7. The molecule has 0 aromatic heterocycles. The van der Waals surface area contributed by atoms with Crippen LogP contribution in [0.15, 0.2) is 47.4 Å². The number of ether oxygens (including phenoxy) is 1. The first-order valence-electron chi connectivity index (χ1n) is 11.5. The van der Waals surface area contributed by atoms with Crippen molar-refractivity contribution in [3.05, 3.63) is 58.6 Å². The Kier molecular flexibility index (Phi) is 9.22. The molecule has 7 nitrogen and oxygen atoms in total. The molecule has 0 N–H and O–H groups in total. The summed E-state index contributed by atoms with van der Waals surface area (Å²) in [6, 6.07) is 13.9. The van der Waals surface area contributed by atoms with E-state index < -0.39 is 19.7 Å². The van der Waals surface area contributed by atoms with Gasteiger partial charge >= 0.3 is 0 Å². The number of halogens is 1. The van der Waals surface area contributed by atoms with Crippen molar-refractivity contribution >= 4 is 31.3 Å². The van der Waals surface area contributed by atoms with Crippen LogP contribution in [0.4, 0.5) is 0 Å². The van der Waals surface area contributed by atoms with Crippen LogP contribution in [0.1, 0.15) is 24.5 Å². The van der Waals surface area contributed by atoms with Crippen LogP contribution >= 0.6 is 11.6 Å². The van der Waals surface area contributed by atoms with E-state index in [0.717, 1.165) is 37.9 Å². The highest BCUT2D eigenvalue weighted by molar-refractivity contribution is 7.92. The Morgan fingerprint density at radius 2 is 1.80 bits per heavy atom. The smallest absolute Gasteiger partial charge is 0.178 e. The zero-order valence-electron chi connectivity index (χ0n) is 20.0. The summed E-state index contributed by atoms with van der Waals surface area (Å²) < 4.78 is 53.3. The zero-order chi connectivity index (χ0) is 25.6. The zero-order valence-corrected chi connectivity index (χ0v) is 22.4. The normalized spacial score (nSPS) is 18.9. The highest BCUT2D eigenvalue weighted by Gasteiger charge is 2.29. The van der Waals surface area contributed by atoms with Gasteiger partial charge in [-0.05, 0) is 66.8 Å². The Balaban J connectivity index is 1.48. The highest BCUT2D eigenvalue weighted by Crippen LogP contribution is 2.26. The molecule has 0 amide bonds. The van der Waals surface area contributed by atoms with Gasteiger partial charge in [0, 0.05) is 36.8 Å². The maximum absolute atomic E-state index is 12.4. The summed E-state index contributed by atoms with van der Waals surface area (Å²) in [6.07, 6.45) is 1.99. The Morgan fingerprint density at radius 3 is 2.46 bits per heavy atom. The number of rotatable bonds is 11. The second-order valence-corrected chi connectivity index (χ2v) is 14.1. The molecule has 2 aromatic carbocycles. The van der Waals surface area contributed by atoms with Gasteiger partial charge < -0.3 is 9.64 Å². The first kappa shape index (κ1) is 27.5. The Bertz CT molecular complexity index is 1270. The van der Waals surface area contributed by atoms with Gasteiger partial charge in [-0.1, -0.05) is 18.5 Å². The molecular formula is C25H31ClN2O5S2. The van der Waals surface area contributed by atoms with Crippen LogP contribution in [0.5, 0.6) is 5.75 Å². The number of likely N-dealkylation sites (tertiary alicyclic amines) is 1. The van der Waals surface area contributed by atoms with Gasteiger partial charge in [0.1, 0.15) is 15.6 Å². The molecule has 2 unspecified atom stereocenters. The maximum Gasteiger partial charge on any atom is 0.178 e. The SMILES string of the molecule is CC1CN(CCc2cc(Cl)cc(C#N)c2)CC1COc1ccc(S(=O)(=O)CCCS(C)(=O)=O)cc1. The summed E-state index contributed by atoms with van der Waals surface area (Å²) >= 11 is 6.11. The third-order valence-electron chi connectivity index (χ3n) is 6.22. The van der Waals surface area contributed by atoms with Crippen LogP contribution < -0.4 is 4.74 Å². The molecule has 1 saturated heterocycles. The molecule has 0 radical (unpaired) electrons. The summed E-state index contributed by atoms with van der Waals surface area (Å²) in [7, 11) is -6.72. The molecule has 35 heavy (non-hydrogen) atoms. The quantitative estimate of drug-likeness (QED) is 0.430. The lowest BCUT2D eigenvalue weighted by Gasteiger charge is -2.17. The molecule has 190 valence electrons. The van der Waals surface area contributed by atoms with Gasteiger partial charge in [-0.2, -0.15) is 5.26 Å². The van der Waals surface area contributed by atoms with E-state index in [4.69, 9.17) is 21.6 Å². The van der Waals surface area contributed by atoms with Gasteiger partial charge in [-0.3, -0.25) is 0 Å². The number of hydrogen-bond donors (Lipinski definition) is 0. The molecule has 1 heterocycles. The van der Waals surface area contributed by atoms with Crippen LogP contribution in [0, 0.1) is 23.2 Å². The van der Waals surface area contributed by atoms with Crippen LogP contribution in [0.25, 0.3) is 0 Å². The number of sulfone groups is 2. The predicted octanol–water partition coefficient (Wildman–Crippen LogP) is 3.61. The minimum Gasteiger partial charge on any atom is -0.493 e. The van der Waals surface area contributed by atoms with E-state index in [1.807, 2.05) is 12.1 Å². The third-order valence-corrected chi connectivity index (χ3v) is 9.29. The van der Waals surface area contributed by atoms with Gasteiger partial charge in [-0.25, -0.2) is 16.8 Å². The van der Waals surface area contributed by atoms with Crippen molar-refractivity contribution in [2.75, 3.05) is 44.0 Å². The molecular weight excluding hydrogens is 508 g/mol. The average Bonchev–Trinajstić information content (AvgIpc) is 3.14. The number of nitrogens with zero attached hydrogens (tertiary/aromatic N) is 2. The van der Waals surface area contributed by atoms with E-state index in [1.165, 1.54) is 12.1 Å². The lowest BCUT2D eigenvalue weighted by molar-refractivity contribution is 0.225. The Hall–Kier alpha value is -2.12. The standard InChI is InChI=1S/C25H31ClN2O5S2/c1-19-16-28(9-8-20-12-21(15-27)14-23(26)13-20)17-22(19)18-33-24-4-6-25(7-5-24)35(31,32)11-3-10-34(2,29)30/h4-7,12-14,19,22H,3,8-11,16-18H2,1-2H3. The molecule has 2 aromatic rings. The summed E-state index contributed by atoms with van der Waals surface area (Å²) in [6.45, 7) is 5.48. The van der Waals surface area contributed by atoms with Crippen molar-refractivity contribution in [2.45, 2.75) is 24.7 Å². The van der Waals surface area contributed by atoms with Gasteiger partial charge in [0.05, 0.1) is 34.6 Å². The van der Waals surface area contributed by atoms with Crippen molar-refractivity contribution in [1.82, 2.24) is 4.90 Å². The summed E-state index contributed by atoms with van der Waals surface area (Å²) in [5.74, 6) is 1.06. The first-order chi connectivity index (χ1) is 16.4. The third kappa shape index (κ3) is 8.50. The van der Waals surface area contributed by atoms with Crippen LogP contribution in [0.3, 0.4) is 0 Å². The molecule has 0 saturated carbocycles. The molecule has 2 atom stereocenters. The minimum absolute atomic E-state index is 0.0757. The largest absolute Gasteiger partial charge is 0.493 e. The minimum atomic E-state index is -3.54. The van der Waals surface area contributed by atoms with Crippen molar-refractivity contribution in [2.24, 2.45) is 11.8 Å². The van der Waals surface area contributed by atoms with Gasteiger partial charge in [0.15, 0.2) is 9.84 Å². The fourth-order valence-electron chi connectivity index (χ4n) is 4.26. The van der Waals surface area contributed by atoms with Gasteiger partial charge in [-0.15, -0.1) is 0 Å². The molecule has 3 rings (SSSR count). The maximum atomic E-state index is 12.4. The molecule has 10 heteroatoms. The van der Waals surface area contributed by atoms with E-state index in [2.05, 4.69) is 17.9 Å². The fraction of sp³-hybridized carbons (Fsp3) is 0.480. The van der Waals surface area contributed by atoms with Crippen molar-refractivity contribution in [3.63, 3.8) is 0 Å². The van der Waals surface area contributed by atoms with E-state index in [0.29, 0.717) is 34.8 Å². The molecule has 0 spiro atoms. The molecule has 1 aliphatic rings. The Labute approximate surface area is 213 Å². The van der Waals surface area contributed by atoms with E-state index in [9.17, 15) is 16.8 Å². The number of hydrogen-bond acceptors (Lipinski definition) is 7. The fourth-order valence-corrected chi connectivity index (χ4v) is 6.68. The summed E-state index contributed by atoms with van der Waals surface area (Å²) in [5.41, 5.74) is 1.62. The summed E-state index contributed by atoms with van der Waals surface area (Å²) in [4.78, 5) is 2.55. The van der Waals surface area contributed by atoms with Crippen molar-refractivity contribution in [1.29, 1.82) is 5.26 Å². The van der Waals surface area contributed by atoms with Gasteiger partial charge in [0.2, 0.25) is 0 Å². The topological polar surface area (TPSA) is 105 Å². The molecule has 1 aliphatic heterocycles. The summed E-state index contributed by atoms with van der Waals surface area (Å²) in [5, 5.41) is 9.70. The predicted molar refractivity (Wildman–Crippen MR) is 137 cm³/mol. The average molecular weight is 539 g/mol. The molecule has 1 fully saturated rings. The number of benzene rings is 2. The van der Waals surface area contributed by atoms with Crippen molar-refractivity contribution < 1.29 is 21.6 Å². The van der Waals surface area contributed by atoms with Crippen molar-refractivity contribution in [3.8, 4) is 11.8 Å². The van der Waals surface area contributed by atoms with Crippen LogP contribution in [-0.2, 0) is 26.1 Å². The lowest BCUT2D eigenvalue weighted by atomic mass is 9.99. The number of nitriles is 1. The molecule has 0 bridgehead atoms. The molecule has 0 aliphatic carbocycles. The lowest BCUT2D eigenvalue weighted by Crippen LogP contribution is -2.24. The Morgan fingerprint density at radius 1 is 1.09 bits per heavy atom. The van der Waals surface area contributed by atoms with Crippen LogP contribution in [0.2, 0.25) is 5.02 Å².